The number of nitrogens with zero attached hydrogens (tertiary/aromatic N) is 2. The van der Waals surface area contributed by atoms with Gasteiger partial charge in [-0.15, -0.1) is 0 Å². The Labute approximate surface area is 103 Å². The highest BCUT2D eigenvalue weighted by Crippen LogP contribution is 2.14. The standard InChI is InChI=1S/C10H11ClN4S/c1-7-13-14-10(16)15(7)12-6-8-4-2-3-5-9(8)11/h2-5,12H,6H2,1H3,(H,14,16). The van der Waals surface area contributed by atoms with E-state index in [4.69, 9.17) is 23.8 Å². The fourth-order valence-electron chi connectivity index (χ4n) is 1.37. The summed E-state index contributed by atoms with van der Waals surface area (Å²) >= 11 is 11.1. The molecule has 0 spiro atoms. The molecule has 4 nitrogen and oxygen atoms in total. The number of aryl methyl sites for hydroxylation is 1. The Morgan fingerprint density at radius 3 is 2.88 bits per heavy atom. The highest BCUT2D eigenvalue weighted by molar-refractivity contribution is 7.71. The molecule has 84 valence electrons. The molecule has 0 fully saturated rings. The Morgan fingerprint density at radius 2 is 2.25 bits per heavy atom. The first kappa shape index (κ1) is 11.2. The van der Waals surface area contributed by atoms with Crippen molar-refractivity contribution < 1.29 is 0 Å². The van der Waals surface area contributed by atoms with Gasteiger partial charge in [0.05, 0.1) is 6.54 Å². The number of hydrogen-bond acceptors (Lipinski definition) is 3. The van der Waals surface area contributed by atoms with Crippen molar-refractivity contribution in [2.75, 3.05) is 5.43 Å². The number of halogens is 1. The Balaban J connectivity index is 2.14. The van der Waals surface area contributed by atoms with Gasteiger partial charge < -0.3 is 5.43 Å². The molecule has 0 radical (unpaired) electrons. The van der Waals surface area contributed by atoms with Crippen LogP contribution in [0.2, 0.25) is 5.02 Å². The molecule has 2 N–H and O–H groups in total. The zero-order chi connectivity index (χ0) is 11.5. The maximum Gasteiger partial charge on any atom is 0.214 e. The SMILES string of the molecule is Cc1n[nH]c(=S)n1NCc1ccccc1Cl. The molecule has 0 aliphatic rings. The van der Waals surface area contributed by atoms with Crippen LogP contribution in [-0.4, -0.2) is 14.9 Å². The monoisotopic (exact) mass is 254 g/mol. The summed E-state index contributed by atoms with van der Waals surface area (Å²) in [5.74, 6) is 0.789. The van der Waals surface area contributed by atoms with Gasteiger partial charge in [0.15, 0.2) is 0 Å². The lowest BCUT2D eigenvalue weighted by molar-refractivity contribution is 0.794. The van der Waals surface area contributed by atoms with Crippen molar-refractivity contribution >= 4 is 23.8 Å². The summed E-state index contributed by atoms with van der Waals surface area (Å²) in [6, 6.07) is 7.68. The minimum absolute atomic E-state index is 0.546. The normalized spacial score (nSPS) is 10.4. The minimum Gasteiger partial charge on any atom is -0.318 e. The van der Waals surface area contributed by atoms with Crippen molar-refractivity contribution in [3.05, 3.63) is 45.4 Å². The number of aromatic amines is 1. The first-order valence-electron chi connectivity index (χ1n) is 4.80. The quantitative estimate of drug-likeness (QED) is 0.828. The number of aromatic nitrogens is 3. The maximum atomic E-state index is 6.05. The number of H-pyrrole nitrogens is 1. The second kappa shape index (κ2) is 4.67. The lowest BCUT2D eigenvalue weighted by Crippen LogP contribution is -2.16. The largest absolute Gasteiger partial charge is 0.318 e. The van der Waals surface area contributed by atoms with Gasteiger partial charge in [-0.05, 0) is 30.8 Å². The molecule has 6 heteroatoms. The predicted octanol–water partition coefficient (Wildman–Crippen LogP) is 2.65. The third-order valence-corrected chi connectivity index (χ3v) is 2.87. The molecule has 1 aromatic carbocycles. The average Bonchev–Trinajstić information content (AvgIpc) is 2.58. The number of hydrogen-bond donors (Lipinski definition) is 2. The van der Waals surface area contributed by atoms with E-state index in [1.54, 1.807) is 4.68 Å². The van der Waals surface area contributed by atoms with E-state index in [-0.39, 0.29) is 0 Å². The number of rotatable bonds is 3. The lowest BCUT2D eigenvalue weighted by Gasteiger charge is -2.09. The van der Waals surface area contributed by atoms with Crippen LogP contribution in [-0.2, 0) is 6.54 Å². The van der Waals surface area contributed by atoms with Crippen LogP contribution in [0.3, 0.4) is 0 Å². The second-order valence-corrected chi connectivity index (χ2v) is 4.13. The van der Waals surface area contributed by atoms with E-state index in [2.05, 4.69) is 15.6 Å². The molecule has 2 aromatic rings. The van der Waals surface area contributed by atoms with Crippen LogP contribution in [0.5, 0.6) is 0 Å². The zero-order valence-electron chi connectivity index (χ0n) is 8.70. The van der Waals surface area contributed by atoms with Crippen molar-refractivity contribution in [3.63, 3.8) is 0 Å². The first-order chi connectivity index (χ1) is 7.68. The highest BCUT2D eigenvalue weighted by Gasteiger charge is 2.02. The fourth-order valence-corrected chi connectivity index (χ4v) is 1.81. The van der Waals surface area contributed by atoms with E-state index < -0.39 is 0 Å². The lowest BCUT2D eigenvalue weighted by atomic mass is 10.2. The number of benzene rings is 1. The van der Waals surface area contributed by atoms with Crippen LogP contribution in [0.25, 0.3) is 0 Å². The molecule has 0 saturated heterocycles. The van der Waals surface area contributed by atoms with E-state index in [1.165, 1.54) is 0 Å². The zero-order valence-corrected chi connectivity index (χ0v) is 10.3. The van der Waals surface area contributed by atoms with Gasteiger partial charge in [0.25, 0.3) is 0 Å². The predicted molar refractivity (Wildman–Crippen MR) is 66.7 cm³/mol. The molecule has 0 saturated carbocycles. The van der Waals surface area contributed by atoms with Gasteiger partial charge in [-0.25, -0.2) is 4.68 Å². The van der Waals surface area contributed by atoms with Crippen LogP contribution in [0.15, 0.2) is 24.3 Å². The average molecular weight is 255 g/mol. The topological polar surface area (TPSA) is 45.6 Å². The summed E-state index contributed by atoms with van der Waals surface area (Å²) in [5.41, 5.74) is 4.17. The molecule has 0 bridgehead atoms. The molecule has 0 aliphatic carbocycles. The smallest absolute Gasteiger partial charge is 0.214 e. The van der Waals surface area contributed by atoms with Crippen molar-refractivity contribution in [1.82, 2.24) is 14.9 Å². The van der Waals surface area contributed by atoms with Gasteiger partial charge in [-0.2, -0.15) is 5.10 Å². The van der Waals surface area contributed by atoms with Crippen molar-refractivity contribution in [1.29, 1.82) is 0 Å². The van der Waals surface area contributed by atoms with Crippen LogP contribution >= 0.6 is 23.8 Å². The second-order valence-electron chi connectivity index (χ2n) is 3.34. The van der Waals surface area contributed by atoms with Crippen LogP contribution in [0.4, 0.5) is 0 Å². The van der Waals surface area contributed by atoms with Gasteiger partial charge in [-0.1, -0.05) is 29.8 Å². The Hall–Kier alpha value is -1.33. The molecule has 1 aromatic heterocycles. The molecule has 1 heterocycles. The molecule has 0 amide bonds. The molecule has 16 heavy (non-hydrogen) atoms. The summed E-state index contributed by atoms with van der Waals surface area (Å²) in [6.07, 6.45) is 0. The molecule has 0 atom stereocenters. The third-order valence-electron chi connectivity index (χ3n) is 2.23. The van der Waals surface area contributed by atoms with E-state index in [0.29, 0.717) is 11.3 Å². The summed E-state index contributed by atoms with van der Waals surface area (Å²) < 4.78 is 2.27. The maximum absolute atomic E-state index is 6.05. The number of nitrogens with one attached hydrogen (secondary N) is 2. The Kier molecular flexibility index (Phi) is 3.26. The van der Waals surface area contributed by atoms with Crippen molar-refractivity contribution in [3.8, 4) is 0 Å². The summed E-state index contributed by atoms with van der Waals surface area (Å²) in [5, 5.41) is 7.45. The third kappa shape index (κ3) is 2.25. The van der Waals surface area contributed by atoms with E-state index in [0.717, 1.165) is 16.4 Å². The van der Waals surface area contributed by atoms with E-state index in [1.807, 2.05) is 31.2 Å². The van der Waals surface area contributed by atoms with Crippen LogP contribution in [0, 0.1) is 11.7 Å². The molecule has 0 unspecified atom stereocenters. The fraction of sp³-hybridized carbons (Fsp3) is 0.200. The Bertz CT molecular complexity index is 546. The first-order valence-corrected chi connectivity index (χ1v) is 5.58. The summed E-state index contributed by atoms with van der Waals surface area (Å²) in [7, 11) is 0. The van der Waals surface area contributed by atoms with E-state index in [9.17, 15) is 0 Å². The minimum atomic E-state index is 0.546. The van der Waals surface area contributed by atoms with E-state index >= 15 is 0 Å². The molecular weight excluding hydrogens is 244 g/mol. The molecular formula is C10H11ClN4S. The van der Waals surface area contributed by atoms with Gasteiger partial charge in [0, 0.05) is 5.02 Å². The summed E-state index contributed by atoms with van der Waals surface area (Å²) in [4.78, 5) is 0. The van der Waals surface area contributed by atoms with Crippen molar-refractivity contribution in [2.24, 2.45) is 0 Å². The van der Waals surface area contributed by atoms with Crippen molar-refractivity contribution in [2.45, 2.75) is 13.5 Å². The summed E-state index contributed by atoms with van der Waals surface area (Å²) in [6.45, 7) is 2.47. The van der Waals surface area contributed by atoms with Crippen LogP contribution in [0.1, 0.15) is 11.4 Å². The molecule has 2 rings (SSSR count). The van der Waals surface area contributed by atoms with Gasteiger partial charge in [-0.3, -0.25) is 5.10 Å². The van der Waals surface area contributed by atoms with Gasteiger partial charge in [0.1, 0.15) is 5.82 Å². The molecule has 0 aliphatic heterocycles. The van der Waals surface area contributed by atoms with Gasteiger partial charge >= 0.3 is 0 Å². The van der Waals surface area contributed by atoms with Gasteiger partial charge in [0.2, 0.25) is 4.77 Å². The highest BCUT2D eigenvalue weighted by atomic mass is 35.5. The Morgan fingerprint density at radius 1 is 1.50 bits per heavy atom. The van der Waals surface area contributed by atoms with Crippen LogP contribution < -0.4 is 5.43 Å².